The van der Waals surface area contributed by atoms with Crippen molar-refractivity contribution in [3.8, 4) is 0 Å². The van der Waals surface area contributed by atoms with Crippen molar-refractivity contribution in [2.75, 3.05) is 7.05 Å². The Morgan fingerprint density at radius 1 is 0.800 bits per heavy atom. The second kappa shape index (κ2) is 13.7. The molecule has 2 amide bonds. The van der Waals surface area contributed by atoms with Crippen LogP contribution in [0.5, 0.6) is 0 Å². The highest BCUT2D eigenvalue weighted by atomic mass is 19.3. The molecule has 0 fully saturated rings. The molecule has 0 saturated carbocycles. The van der Waals surface area contributed by atoms with E-state index in [1.54, 1.807) is 12.1 Å². The molecule has 214 valence electrons. The van der Waals surface area contributed by atoms with Crippen LogP contribution in [-0.2, 0) is 28.4 Å². The van der Waals surface area contributed by atoms with E-state index in [9.17, 15) is 14.7 Å². The molecule has 3 aromatic carbocycles. The molecule has 0 aliphatic heterocycles. The van der Waals surface area contributed by atoms with Crippen LogP contribution in [-0.4, -0.2) is 36.1 Å². The van der Waals surface area contributed by atoms with Gasteiger partial charge in [0.1, 0.15) is 12.1 Å². The number of carbonyl (C=O) groups excluding carboxylic acids is 2. The minimum atomic E-state index is -3.57. The van der Waals surface area contributed by atoms with Gasteiger partial charge in [-0.3, -0.25) is 9.59 Å². The Labute approximate surface area is 236 Å². The zero-order chi connectivity index (χ0) is 29.3. The lowest BCUT2D eigenvalue weighted by atomic mass is 9.84. The molecular weight excluding hydrogens is 510 g/mol. The van der Waals surface area contributed by atoms with Gasteiger partial charge >= 0.3 is 0 Å². The number of aliphatic hydroxyl groups excluding tert-OH is 1. The first-order valence-electron chi connectivity index (χ1n) is 13.7. The highest BCUT2D eigenvalue weighted by Crippen LogP contribution is 2.36. The third kappa shape index (κ3) is 8.46. The molecule has 0 aliphatic rings. The van der Waals surface area contributed by atoms with Gasteiger partial charge in [0.05, 0.1) is 0 Å². The number of carbonyl (C=O) groups is 2. The van der Waals surface area contributed by atoms with Crippen LogP contribution >= 0.6 is 0 Å². The summed E-state index contributed by atoms with van der Waals surface area (Å²) in [5.41, 5.74) is 1.98. The molecule has 7 heteroatoms. The van der Waals surface area contributed by atoms with Crippen molar-refractivity contribution in [1.29, 1.82) is 0 Å². The van der Waals surface area contributed by atoms with Crippen molar-refractivity contribution in [3.63, 3.8) is 0 Å². The van der Waals surface area contributed by atoms with Gasteiger partial charge in [-0.05, 0) is 47.8 Å². The molecule has 0 saturated heterocycles. The van der Waals surface area contributed by atoms with E-state index in [1.165, 1.54) is 19.2 Å². The molecule has 0 radical (unpaired) electrons. The van der Waals surface area contributed by atoms with Crippen LogP contribution in [0.4, 0.5) is 8.78 Å². The van der Waals surface area contributed by atoms with E-state index in [-0.39, 0.29) is 17.9 Å². The highest BCUT2D eigenvalue weighted by molar-refractivity contribution is 5.89. The van der Waals surface area contributed by atoms with Crippen LogP contribution in [0.1, 0.15) is 55.9 Å². The second-order valence-electron chi connectivity index (χ2n) is 11.4. The lowest BCUT2D eigenvalue weighted by Crippen LogP contribution is -2.54. The first-order valence-corrected chi connectivity index (χ1v) is 13.7. The molecule has 2 unspecified atom stereocenters. The third-order valence-electron chi connectivity index (χ3n) is 7.17. The number of halogens is 2. The number of benzene rings is 3. The van der Waals surface area contributed by atoms with Crippen LogP contribution in [0.3, 0.4) is 0 Å². The average Bonchev–Trinajstić information content (AvgIpc) is 2.94. The Kier molecular flexibility index (Phi) is 10.6. The first-order chi connectivity index (χ1) is 18.9. The normalized spacial score (nSPS) is 14.2. The van der Waals surface area contributed by atoms with Crippen molar-refractivity contribution >= 4 is 11.8 Å². The molecule has 3 atom stereocenters. The topological polar surface area (TPSA) is 78.4 Å². The predicted octanol–water partition coefficient (Wildman–Crippen LogP) is 5.65. The summed E-state index contributed by atoms with van der Waals surface area (Å²) in [6, 6.07) is 24.2. The number of hydrogen-bond donors (Lipinski definition) is 3. The zero-order valence-corrected chi connectivity index (χ0v) is 23.7. The van der Waals surface area contributed by atoms with Crippen molar-refractivity contribution in [3.05, 3.63) is 107 Å². The quantitative estimate of drug-likeness (QED) is 0.273. The van der Waals surface area contributed by atoms with Crippen molar-refractivity contribution < 1.29 is 23.5 Å². The molecule has 0 aromatic heterocycles. The van der Waals surface area contributed by atoms with E-state index in [4.69, 9.17) is 0 Å². The predicted molar refractivity (Wildman–Crippen MR) is 154 cm³/mol. The van der Waals surface area contributed by atoms with Crippen molar-refractivity contribution in [1.82, 2.24) is 10.6 Å². The molecular formula is C33H40F2N2O3. The number of nitrogens with one attached hydrogen (secondary N) is 2. The summed E-state index contributed by atoms with van der Waals surface area (Å²) < 4.78 is 31.0. The fraction of sp³-hybridized carbons (Fsp3) is 0.394. The largest absolute Gasteiger partial charge is 0.386 e. The van der Waals surface area contributed by atoms with Crippen LogP contribution in [0, 0.1) is 11.3 Å². The maximum atomic E-state index is 15.5. The number of aliphatic hydroxyl groups is 1. The summed E-state index contributed by atoms with van der Waals surface area (Å²) in [4.78, 5) is 25.9. The van der Waals surface area contributed by atoms with Crippen LogP contribution < -0.4 is 10.6 Å². The van der Waals surface area contributed by atoms with Crippen LogP contribution in [0.15, 0.2) is 84.9 Å². The number of hydrogen-bond acceptors (Lipinski definition) is 3. The van der Waals surface area contributed by atoms with Gasteiger partial charge in [-0.1, -0.05) is 106 Å². The van der Waals surface area contributed by atoms with Gasteiger partial charge in [0.2, 0.25) is 11.8 Å². The fourth-order valence-electron chi connectivity index (χ4n) is 4.71. The van der Waals surface area contributed by atoms with E-state index in [2.05, 4.69) is 10.6 Å². The van der Waals surface area contributed by atoms with Crippen molar-refractivity contribution in [2.45, 2.75) is 64.5 Å². The SMILES string of the molecule is CNC(=O)[C@@H](NC(=O)C(CCc1ccccc1)CC(O)C(F)(F)c1ccc(Cc2ccccc2)cc1)C(C)(C)C. The molecule has 3 aromatic rings. The average molecular weight is 551 g/mol. The maximum Gasteiger partial charge on any atom is 0.298 e. The summed E-state index contributed by atoms with van der Waals surface area (Å²) in [6.45, 7) is 5.45. The summed E-state index contributed by atoms with van der Waals surface area (Å²) in [5, 5.41) is 16.1. The number of amides is 2. The fourth-order valence-corrected chi connectivity index (χ4v) is 4.71. The Morgan fingerprint density at radius 2 is 1.32 bits per heavy atom. The Hall–Kier alpha value is -3.58. The monoisotopic (exact) mass is 550 g/mol. The van der Waals surface area contributed by atoms with E-state index in [0.29, 0.717) is 12.8 Å². The number of aryl methyl sites for hydroxylation is 1. The van der Waals surface area contributed by atoms with Gasteiger partial charge in [0.15, 0.2) is 0 Å². The number of alkyl halides is 2. The highest BCUT2D eigenvalue weighted by Gasteiger charge is 2.43. The van der Waals surface area contributed by atoms with Crippen molar-refractivity contribution in [2.24, 2.45) is 11.3 Å². The zero-order valence-electron chi connectivity index (χ0n) is 23.7. The third-order valence-corrected chi connectivity index (χ3v) is 7.17. The molecule has 0 bridgehead atoms. The van der Waals surface area contributed by atoms with Gasteiger partial charge in [0.25, 0.3) is 5.92 Å². The first kappa shape index (κ1) is 31.0. The smallest absolute Gasteiger partial charge is 0.298 e. The van der Waals surface area contributed by atoms with Gasteiger partial charge in [-0.25, -0.2) is 0 Å². The van der Waals surface area contributed by atoms with E-state index >= 15 is 8.78 Å². The summed E-state index contributed by atoms with van der Waals surface area (Å²) in [5.74, 6) is -5.41. The van der Waals surface area contributed by atoms with Crippen LogP contribution in [0.25, 0.3) is 0 Å². The van der Waals surface area contributed by atoms with E-state index < -0.39 is 41.7 Å². The Balaban J connectivity index is 1.77. The maximum absolute atomic E-state index is 15.5. The molecule has 0 spiro atoms. The molecule has 0 heterocycles. The molecule has 5 nitrogen and oxygen atoms in total. The number of rotatable bonds is 12. The summed E-state index contributed by atoms with van der Waals surface area (Å²) in [6.07, 6.45) is -1.24. The standard InChI is InChI=1S/C33H40F2N2O3/c1-32(2,3)29(31(40)36-4)37-30(39)26(18-15-23-11-7-5-8-12-23)22-28(38)33(34,35)27-19-16-25(17-20-27)21-24-13-9-6-10-14-24/h5-14,16-17,19-20,26,28-29,38H,15,18,21-22H2,1-4H3,(H,36,40)(H,37,39)/t26?,28?,29-/m1/s1. The molecule has 3 rings (SSSR count). The van der Waals surface area contributed by atoms with Gasteiger partial charge in [0, 0.05) is 18.5 Å². The van der Waals surface area contributed by atoms with Gasteiger partial charge < -0.3 is 15.7 Å². The molecule has 0 aliphatic carbocycles. The minimum Gasteiger partial charge on any atom is -0.386 e. The van der Waals surface area contributed by atoms with Crippen LogP contribution in [0.2, 0.25) is 0 Å². The minimum absolute atomic E-state index is 0.240. The lowest BCUT2D eigenvalue weighted by molar-refractivity contribution is -0.140. The Morgan fingerprint density at radius 3 is 1.85 bits per heavy atom. The Bertz CT molecular complexity index is 1230. The molecule has 3 N–H and O–H groups in total. The van der Waals surface area contributed by atoms with E-state index in [0.717, 1.165) is 16.7 Å². The summed E-state index contributed by atoms with van der Waals surface area (Å²) >= 11 is 0. The van der Waals surface area contributed by atoms with Gasteiger partial charge in [-0.15, -0.1) is 0 Å². The van der Waals surface area contributed by atoms with Gasteiger partial charge in [-0.2, -0.15) is 8.78 Å². The number of likely N-dealkylation sites (N-methyl/N-ethyl adjacent to an activating group) is 1. The van der Waals surface area contributed by atoms with E-state index in [1.807, 2.05) is 81.4 Å². The second-order valence-corrected chi connectivity index (χ2v) is 11.4. The summed E-state index contributed by atoms with van der Waals surface area (Å²) in [7, 11) is 1.48. The molecule has 40 heavy (non-hydrogen) atoms. The lowest BCUT2D eigenvalue weighted by Gasteiger charge is -2.32.